The maximum atomic E-state index is 12.1. The van der Waals surface area contributed by atoms with Crippen LogP contribution < -0.4 is 5.32 Å². The van der Waals surface area contributed by atoms with E-state index in [0.29, 0.717) is 19.0 Å². The van der Waals surface area contributed by atoms with E-state index >= 15 is 0 Å². The standard InChI is InChI=1S/C15H20N2O2S/c1-17-12-3-2-6-15(12,7-4-13(17)18)10-16-14(19)11-5-8-20-9-11/h5,8-9,12H,2-4,6-7,10H2,1H3,(H,16,19)/t12-,15+/m1/s1. The fourth-order valence-electron chi connectivity index (χ4n) is 3.77. The zero-order chi connectivity index (χ0) is 14.2. The molecule has 20 heavy (non-hydrogen) atoms. The number of fused-ring (bicyclic) bond motifs is 1. The Hall–Kier alpha value is -1.36. The van der Waals surface area contributed by atoms with Crippen molar-refractivity contribution in [3.05, 3.63) is 22.4 Å². The van der Waals surface area contributed by atoms with E-state index in [-0.39, 0.29) is 17.2 Å². The molecule has 1 saturated heterocycles. The van der Waals surface area contributed by atoms with Gasteiger partial charge in [0.25, 0.3) is 5.91 Å². The van der Waals surface area contributed by atoms with Crippen molar-refractivity contribution >= 4 is 23.2 Å². The summed E-state index contributed by atoms with van der Waals surface area (Å²) in [6, 6.07) is 2.15. The van der Waals surface area contributed by atoms with Gasteiger partial charge in [-0.3, -0.25) is 9.59 Å². The smallest absolute Gasteiger partial charge is 0.252 e. The number of piperidine rings is 1. The second-order valence-electron chi connectivity index (χ2n) is 5.97. The molecule has 5 heteroatoms. The summed E-state index contributed by atoms with van der Waals surface area (Å²) in [4.78, 5) is 25.8. The summed E-state index contributed by atoms with van der Waals surface area (Å²) < 4.78 is 0. The highest BCUT2D eigenvalue weighted by Crippen LogP contribution is 2.47. The zero-order valence-corrected chi connectivity index (χ0v) is 12.5. The maximum absolute atomic E-state index is 12.1. The molecular weight excluding hydrogens is 272 g/mol. The first-order valence-electron chi connectivity index (χ1n) is 7.18. The molecule has 0 radical (unpaired) electrons. The quantitative estimate of drug-likeness (QED) is 0.929. The summed E-state index contributed by atoms with van der Waals surface area (Å²) in [6.07, 6.45) is 4.85. The van der Waals surface area contributed by atoms with Crippen LogP contribution in [0.5, 0.6) is 0 Å². The number of hydrogen-bond acceptors (Lipinski definition) is 3. The topological polar surface area (TPSA) is 49.4 Å². The van der Waals surface area contributed by atoms with E-state index in [4.69, 9.17) is 0 Å². The molecule has 2 atom stereocenters. The van der Waals surface area contributed by atoms with E-state index in [1.807, 2.05) is 28.8 Å². The van der Waals surface area contributed by atoms with Crippen LogP contribution in [0.1, 0.15) is 42.5 Å². The summed E-state index contributed by atoms with van der Waals surface area (Å²) in [6.45, 7) is 0.684. The highest BCUT2D eigenvalue weighted by Gasteiger charge is 2.49. The Morgan fingerprint density at radius 1 is 1.55 bits per heavy atom. The SMILES string of the molecule is CN1C(=O)CC[C@]2(CNC(=O)c3ccsc3)CCC[C@@H]12. The predicted octanol–water partition coefficient (Wildman–Crippen LogP) is 2.27. The molecule has 0 bridgehead atoms. The van der Waals surface area contributed by atoms with Gasteiger partial charge < -0.3 is 10.2 Å². The van der Waals surface area contributed by atoms with Gasteiger partial charge in [-0.2, -0.15) is 11.3 Å². The van der Waals surface area contributed by atoms with Gasteiger partial charge in [-0.15, -0.1) is 0 Å². The molecule has 108 valence electrons. The Labute approximate surface area is 123 Å². The second-order valence-corrected chi connectivity index (χ2v) is 6.75. The van der Waals surface area contributed by atoms with Gasteiger partial charge in [0.05, 0.1) is 0 Å². The summed E-state index contributed by atoms with van der Waals surface area (Å²) in [5.74, 6) is 0.252. The minimum Gasteiger partial charge on any atom is -0.351 e. The lowest BCUT2D eigenvalue weighted by Gasteiger charge is -2.44. The molecule has 1 aliphatic carbocycles. The molecule has 0 aromatic carbocycles. The van der Waals surface area contributed by atoms with Crippen molar-refractivity contribution in [2.45, 2.75) is 38.1 Å². The monoisotopic (exact) mass is 292 g/mol. The Morgan fingerprint density at radius 3 is 3.15 bits per heavy atom. The minimum absolute atomic E-state index is 0.00540. The third-order valence-electron chi connectivity index (χ3n) is 4.94. The van der Waals surface area contributed by atoms with E-state index in [9.17, 15) is 9.59 Å². The number of rotatable bonds is 3. The number of carbonyl (C=O) groups excluding carboxylic acids is 2. The van der Waals surface area contributed by atoms with E-state index in [1.54, 1.807) is 0 Å². The lowest BCUT2D eigenvalue weighted by Crippen LogP contribution is -2.54. The Kier molecular flexibility index (Phi) is 3.54. The molecule has 0 spiro atoms. The molecule has 1 aromatic heterocycles. The first-order valence-corrected chi connectivity index (χ1v) is 8.13. The van der Waals surface area contributed by atoms with E-state index in [2.05, 4.69) is 5.32 Å². The lowest BCUT2D eigenvalue weighted by molar-refractivity contribution is -0.139. The Bertz CT molecular complexity index is 514. The molecule has 2 amide bonds. The van der Waals surface area contributed by atoms with Crippen molar-refractivity contribution in [2.24, 2.45) is 5.41 Å². The number of nitrogens with one attached hydrogen (secondary N) is 1. The van der Waals surface area contributed by atoms with Crippen LogP contribution >= 0.6 is 11.3 Å². The molecular formula is C15H20N2O2S. The van der Waals surface area contributed by atoms with E-state index in [0.717, 1.165) is 31.2 Å². The molecule has 1 aromatic rings. The van der Waals surface area contributed by atoms with Crippen LogP contribution in [0.15, 0.2) is 16.8 Å². The van der Waals surface area contributed by atoms with Crippen LogP contribution in [0.4, 0.5) is 0 Å². The molecule has 1 saturated carbocycles. The Balaban J connectivity index is 1.69. The van der Waals surface area contributed by atoms with Crippen LogP contribution in [-0.2, 0) is 4.79 Å². The van der Waals surface area contributed by atoms with Crippen LogP contribution in [0.3, 0.4) is 0 Å². The van der Waals surface area contributed by atoms with Crippen LogP contribution in [0.25, 0.3) is 0 Å². The van der Waals surface area contributed by atoms with E-state index < -0.39 is 0 Å². The van der Waals surface area contributed by atoms with Gasteiger partial charge in [-0.1, -0.05) is 6.42 Å². The van der Waals surface area contributed by atoms with Crippen molar-refractivity contribution in [3.63, 3.8) is 0 Å². The number of hydrogen-bond donors (Lipinski definition) is 1. The third-order valence-corrected chi connectivity index (χ3v) is 5.62. The van der Waals surface area contributed by atoms with Gasteiger partial charge in [0.15, 0.2) is 0 Å². The molecule has 2 aliphatic rings. The number of likely N-dealkylation sites (tertiary alicyclic amines) is 1. The van der Waals surface area contributed by atoms with E-state index in [1.165, 1.54) is 11.3 Å². The van der Waals surface area contributed by atoms with Gasteiger partial charge >= 0.3 is 0 Å². The van der Waals surface area contributed by atoms with Crippen molar-refractivity contribution < 1.29 is 9.59 Å². The van der Waals surface area contributed by atoms with Crippen molar-refractivity contribution in [3.8, 4) is 0 Å². The fourth-order valence-corrected chi connectivity index (χ4v) is 4.40. The number of carbonyl (C=O) groups is 2. The average molecular weight is 292 g/mol. The average Bonchev–Trinajstić information content (AvgIpc) is 3.10. The summed E-state index contributed by atoms with van der Waals surface area (Å²) in [5.41, 5.74) is 0.829. The van der Waals surface area contributed by atoms with Crippen LogP contribution in [-0.4, -0.2) is 36.3 Å². The van der Waals surface area contributed by atoms with Gasteiger partial charge in [0.2, 0.25) is 5.91 Å². The maximum Gasteiger partial charge on any atom is 0.252 e. The van der Waals surface area contributed by atoms with Crippen molar-refractivity contribution in [2.75, 3.05) is 13.6 Å². The summed E-state index contributed by atoms with van der Waals surface area (Å²) in [5, 5.41) is 6.87. The summed E-state index contributed by atoms with van der Waals surface area (Å²) >= 11 is 1.53. The lowest BCUT2D eigenvalue weighted by atomic mass is 9.74. The zero-order valence-electron chi connectivity index (χ0n) is 11.7. The third kappa shape index (κ3) is 2.24. The number of amides is 2. The number of thiophene rings is 1. The number of nitrogens with zero attached hydrogens (tertiary/aromatic N) is 1. The van der Waals surface area contributed by atoms with Crippen LogP contribution in [0, 0.1) is 5.41 Å². The highest BCUT2D eigenvalue weighted by molar-refractivity contribution is 7.08. The molecule has 1 N–H and O–H groups in total. The molecule has 2 fully saturated rings. The van der Waals surface area contributed by atoms with Gasteiger partial charge in [-0.05, 0) is 30.7 Å². The highest BCUT2D eigenvalue weighted by atomic mass is 32.1. The molecule has 3 rings (SSSR count). The first kappa shape index (κ1) is 13.6. The summed E-state index contributed by atoms with van der Waals surface area (Å²) in [7, 11) is 1.91. The Morgan fingerprint density at radius 2 is 2.40 bits per heavy atom. The molecule has 1 aliphatic heterocycles. The molecule has 2 heterocycles. The van der Waals surface area contributed by atoms with Gasteiger partial charge in [0.1, 0.15) is 0 Å². The van der Waals surface area contributed by atoms with Gasteiger partial charge in [0, 0.05) is 42.4 Å². The van der Waals surface area contributed by atoms with Crippen molar-refractivity contribution in [1.29, 1.82) is 0 Å². The molecule has 0 unspecified atom stereocenters. The fraction of sp³-hybridized carbons (Fsp3) is 0.600. The minimum atomic E-state index is 0.00540. The van der Waals surface area contributed by atoms with Crippen LogP contribution in [0.2, 0.25) is 0 Å². The second kappa shape index (κ2) is 5.20. The normalized spacial score (nSPS) is 29.4. The van der Waals surface area contributed by atoms with Gasteiger partial charge in [-0.25, -0.2) is 0 Å². The predicted molar refractivity (Wildman–Crippen MR) is 78.7 cm³/mol. The van der Waals surface area contributed by atoms with Crippen molar-refractivity contribution in [1.82, 2.24) is 10.2 Å². The first-order chi connectivity index (χ1) is 9.62. The largest absolute Gasteiger partial charge is 0.351 e. The molecule has 4 nitrogen and oxygen atoms in total.